The molecule has 2 aromatic heterocycles. The van der Waals surface area contributed by atoms with Gasteiger partial charge in [0, 0.05) is 31.9 Å². The van der Waals surface area contributed by atoms with E-state index in [9.17, 15) is 0 Å². The summed E-state index contributed by atoms with van der Waals surface area (Å²) in [5, 5.41) is 8.34. The molecular weight excluding hydrogens is 254 g/mol. The van der Waals surface area contributed by atoms with E-state index in [0.717, 1.165) is 44.1 Å². The Morgan fingerprint density at radius 2 is 2.30 bits per heavy atom. The molecule has 0 radical (unpaired) electrons. The van der Waals surface area contributed by atoms with Crippen LogP contribution in [0.1, 0.15) is 50.5 Å². The third kappa shape index (κ3) is 2.60. The van der Waals surface area contributed by atoms with Crippen LogP contribution in [-0.2, 0) is 6.42 Å². The molecule has 6 heteroatoms. The lowest BCUT2D eigenvalue weighted by atomic mass is 10.1. The maximum atomic E-state index is 5.38. The van der Waals surface area contributed by atoms with Crippen LogP contribution in [0, 0.1) is 0 Å². The van der Waals surface area contributed by atoms with Crippen LogP contribution in [0.4, 0.5) is 0 Å². The van der Waals surface area contributed by atoms with E-state index >= 15 is 0 Å². The van der Waals surface area contributed by atoms with E-state index in [4.69, 9.17) is 4.52 Å². The van der Waals surface area contributed by atoms with Gasteiger partial charge in [-0.25, -0.2) is 0 Å². The van der Waals surface area contributed by atoms with Crippen molar-refractivity contribution in [1.29, 1.82) is 0 Å². The van der Waals surface area contributed by atoms with Gasteiger partial charge < -0.3 is 4.52 Å². The summed E-state index contributed by atoms with van der Waals surface area (Å²) in [7, 11) is 0. The number of likely N-dealkylation sites (tertiary alicyclic amines) is 1. The molecule has 0 N–H and O–H groups in total. The number of aryl methyl sites for hydroxylation is 1. The molecule has 0 bridgehead atoms. The molecule has 2 aromatic rings. The van der Waals surface area contributed by atoms with Crippen LogP contribution in [0.2, 0.25) is 0 Å². The number of rotatable bonds is 6. The Morgan fingerprint density at radius 1 is 1.45 bits per heavy atom. The van der Waals surface area contributed by atoms with Crippen molar-refractivity contribution in [2.45, 2.75) is 45.2 Å². The van der Waals surface area contributed by atoms with Gasteiger partial charge in [0.05, 0.1) is 12.1 Å². The monoisotopic (exact) mass is 275 g/mol. The van der Waals surface area contributed by atoms with Crippen molar-refractivity contribution in [3.63, 3.8) is 0 Å². The highest BCUT2D eigenvalue weighted by Gasteiger charge is 2.34. The molecule has 1 atom stereocenters. The highest BCUT2D eigenvalue weighted by molar-refractivity contribution is 4.98. The largest absolute Gasteiger partial charge is 0.338 e. The fraction of sp³-hybridized carbons (Fsp3) is 0.643. The fourth-order valence-electron chi connectivity index (χ4n) is 2.50. The van der Waals surface area contributed by atoms with E-state index in [1.165, 1.54) is 0 Å². The summed E-state index contributed by atoms with van der Waals surface area (Å²) < 4.78 is 7.40. The molecule has 20 heavy (non-hydrogen) atoms. The van der Waals surface area contributed by atoms with Crippen molar-refractivity contribution >= 4 is 0 Å². The third-order valence-electron chi connectivity index (χ3n) is 3.93. The topological polar surface area (TPSA) is 60.0 Å². The van der Waals surface area contributed by atoms with Gasteiger partial charge in [-0.1, -0.05) is 18.5 Å². The molecule has 0 aromatic carbocycles. The Hall–Kier alpha value is -1.69. The van der Waals surface area contributed by atoms with Gasteiger partial charge in [-0.3, -0.25) is 9.58 Å². The van der Waals surface area contributed by atoms with Crippen LogP contribution in [0.15, 0.2) is 23.0 Å². The first-order valence-electron chi connectivity index (χ1n) is 7.33. The second-order valence-corrected chi connectivity index (χ2v) is 5.42. The van der Waals surface area contributed by atoms with Gasteiger partial charge in [0.25, 0.3) is 0 Å². The lowest BCUT2D eigenvalue weighted by Crippen LogP contribution is -2.48. The van der Waals surface area contributed by atoms with Crippen molar-refractivity contribution in [1.82, 2.24) is 24.8 Å². The molecule has 1 aliphatic rings. The van der Waals surface area contributed by atoms with Gasteiger partial charge in [-0.15, -0.1) is 0 Å². The first kappa shape index (κ1) is 13.3. The van der Waals surface area contributed by atoms with Gasteiger partial charge in [0.15, 0.2) is 5.82 Å². The Labute approximate surface area is 118 Å². The second-order valence-electron chi connectivity index (χ2n) is 5.42. The van der Waals surface area contributed by atoms with Gasteiger partial charge in [0.2, 0.25) is 5.89 Å². The molecule has 6 nitrogen and oxygen atoms in total. The Balaban J connectivity index is 1.55. The highest BCUT2D eigenvalue weighted by atomic mass is 16.5. The van der Waals surface area contributed by atoms with Gasteiger partial charge >= 0.3 is 0 Å². The van der Waals surface area contributed by atoms with Crippen LogP contribution in [0.5, 0.6) is 0 Å². The van der Waals surface area contributed by atoms with Crippen LogP contribution < -0.4 is 0 Å². The predicted octanol–water partition coefficient (Wildman–Crippen LogP) is 2.23. The average Bonchev–Trinajstić information content (AvgIpc) is 3.05. The van der Waals surface area contributed by atoms with E-state index in [1.807, 2.05) is 23.1 Å². The number of nitrogens with zero attached hydrogens (tertiary/aromatic N) is 5. The summed E-state index contributed by atoms with van der Waals surface area (Å²) in [5.74, 6) is 1.56. The molecule has 1 aliphatic heterocycles. The van der Waals surface area contributed by atoms with Gasteiger partial charge in [-0.2, -0.15) is 10.1 Å². The maximum Gasteiger partial charge on any atom is 0.243 e. The number of unbranched alkanes of at least 4 members (excludes halogenated alkanes) is 1. The molecule has 3 rings (SSSR count). The smallest absolute Gasteiger partial charge is 0.243 e. The van der Waals surface area contributed by atoms with E-state index in [2.05, 4.69) is 34.0 Å². The molecule has 3 heterocycles. The summed E-state index contributed by atoms with van der Waals surface area (Å²) >= 11 is 0. The van der Waals surface area contributed by atoms with Crippen LogP contribution in [0.25, 0.3) is 0 Å². The summed E-state index contributed by atoms with van der Waals surface area (Å²) in [6, 6.07) is 2.61. The second kappa shape index (κ2) is 5.75. The molecule has 108 valence electrons. The minimum atomic E-state index is 0.185. The molecule has 1 saturated heterocycles. The number of hydrogen-bond donors (Lipinski definition) is 0. The highest BCUT2D eigenvalue weighted by Crippen LogP contribution is 2.29. The molecule has 1 unspecified atom stereocenters. The quantitative estimate of drug-likeness (QED) is 0.809. The SMILES string of the molecule is CCCCc1noc(C(C)N2CC(n3cccn3)C2)n1. The number of aromatic nitrogens is 4. The van der Waals surface area contributed by atoms with Crippen LogP contribution in [-0.4, -0.2) is 37.9 Å². The predicted molar refractivity (Wildman–Crippen MR) is 74.2 cm³/mol. The summed E-state index contributed by atoms with van der Waals surface area (Å²) in [6.07, 6.45) is 7.00. The van der Waals surface area contributed by atoms with Crippen molar-refractivity contribution in [3.05, 3.63) is 30.2 Å². The van der Waals surface area contributed by atoms with Crippen molar-refractivity contribution in [2.75, 3.05) is 13.1 Å². The molecule has 0 spiro atoms. The zero-order chi connectivity index (χ0) is 13.9. The van der Waals surface area contributed by atoms with E-state index < -0.39 is 0 Å². The molecule has 1 fully saturated rings. The average molecular weight is 275 g/mol. The zero-order valence-corrected chi connectivity index (χ0v) is 12.1. The van der Waals surface area contributed by atoms with E-state index in [-0.39, 0.29) is 6.04 Å². The van der Waals surface area contributed by atoms with Crippen LogP contribution in [0.3, 0.4) is 0 Å². The Bertz CT molecular complexity index is 530. The van der Waals surface area contributed by atoms with Gasteiger partial charge in [0.1, 0.15) is 0 Å². The minimum Gasteiger partial charge on any atom is -0.338 e. The van der Waals surface area contributed by atoms with E-state index in [1.54, 1.807) is 0 Å². The zero-order valence-electron chi connectivity index (χ0n) is 12.1. The van der Waals surface area contributed by atoms with Crippen molar-refractivity contribution < 1.29 is 4.52 Å². The normalized spacial score (nSPS) is 18.1. The lowest BCUT2D eigenvalue weighted by Gasteiger charge is -2.41. The maximum absolute atomic E-state index is 5.38. The lowest BCUT2D eigenvalue weighted by molar-refractivity contribution is 0.0456. The first-order valence-corrected chi connectivity index (χ1v) is 7.33. The minimum absolute atomic E-state index is 0.185. The van der Waals surface area contributed by atoms with Crippen molar-refractivity contribution in [3.8, 4) is 0 Å². The molecule has 0 amide bonds. The van der Waals surface area contributed by atoms with Gasteiger partial charge in [-0.05, 0) is 19.4 Å². The third-order valence-corrected chi connectivity index (χ3v) is 3.93. The first-order chi connectivity index (χ1) is 9.78. The summed E-state index contributed by atoms with van der Waals surface area (Å²) in [4.78, 5) is 6.83. The number of hydrogen-bond acceptors (Lipinski definition) is 5. The molecular formula is C14H21N5O. The molecule has 0 aliphatic carbocycles. The Kier molecular flexibility index (Phi) is 3.82. The molecule has 0 saturated carbocycles. The van der Waals surface area contributed by atoms with Crippen LogP contribution >= 0.6 is 0 Å². The summed E-state index contributed by atoms with van der Waals surface area (Å²) in [6.45, 7) is 6.25. The fourth-order valence-corrected chi connectivity index (χ4v) is 2.50. The Morgan fingerprint density at radius 3 is 3.00 bits per heavy atom. The summed E-state index contributed by atoms with van der Waals surface area (Å²) in [5.41, 5.74) is 0. The van der Waals surface area contributed by atoms with Crippen molar-refractivity contribution in [2.24, 2.45) is 0 Å². The standard InChI is InChI=1S/C14H21N5O/c1-3-4-6-13-16-14(20-17-13)11(2)18-9-12(10-18)19-8-5-7-15-19/h5,7-8,11-12H,3-4,6,9-10H2,1-2H3. The van der Waals surface area contributed by atoms with E-state index in [0.29, 0.717) is 6.04 Å².